The number of ether oxygens (including phenoxy) is 1. The minimum absolute atomic E-state index is 0.0510. The summed E-state index contributed by atoms with van der Waals surface area (Å²) in [4.78, 5) is 0. The Balaban J connectivity index is 3.27. The van der Waals surface area contributed by atoms with Crippen molar-refractivity contribution in [1.82, 2.24) is 0 Å². The topological polar surface area (TPSA) is 29.5 Å². The molecule has 0 amide bonds. The highest BCUT2D eigenvalue weighted by molar-refractivity contribution is 6.32. The molecule has 0 aliphatic carbocycles. The summed E-state index contributed by atoms with van der Waals surface area (Å²) in [7, 11) is 1.37. The standard InChI is InChI=1S/C10H12ClFO2/c1-6-5-7(3-4-13)9(12)10(14-2)8(6)11/h5,13H,3-4H2,1-2H3. The molecule has 0 atom stereocenters. The lowest BCUT2D eigenvalue weighted by atomic mass is 10.1. The quantitative estimate of drug-likeness (QED) is 0.844. The van der Waals surface area contributed by atoms with Gasteiger partial charge < -0.3 is 9.84 Å². The molecule has 0 heterocycles. The molecule has 1 N–H and O–H groups in total. The third-order valence-electron chi connectivity index (χ3n) is 2.00. The Morgan fingerprint density at radius 2 is 2.21 bits per heavy atom. The van der Waals surface area contributed by atoms with Crippen LogP contribution in [0, 0.1) is 12.7 Å². The van der Waals surface area contributed by atoms with Crippen LogP contribution in [-0.2, 0) is 6.42 Å². The van der Waals surface area contributed by atoms with Gasteiger partial charge in [0, 0.05) is 6.61 Å². The van der Waals surface area contributed by atoms with Crippen LogP contribution in [0.3, 0.4) is 0 Å². The molecule has 0 saturated carbocycles. The number of hydrogen-bond acceptors (Lipinski definition) is 2. The van der Waals surface area contributed by atoms with Crippen molar-refractivity contribution in [2.45, 2.75) is 13.3 Å². The Bertz CT molecular complexity index is 339. The summed E-state index contributed by atoms with van der Waals surface area (Å²) >= 11 is 5.84. The lowest BCUT2D eigenvalue weighted by Crippen LogP contribution is -2.00. The first-order valence-electron chi connectivity index (χ1n) is 4.24. The maximum Gasteiger partial charge on any atom is 0.173 e. The number of rotatable bonds is 3. The lowest BCUT2D eigenvalue weighted by Gasteiger charge is -2.10. The fourth-order valence-corrected chi connectivity index (χ4v) is 1.51. The summed E-state index contributed by atoms with van der Waals surface area (Å²) in [6.45, 7) is 1.67. The Hall–Kier alpha value is -0.800. The van der Waals surface area contributed by atoms with E-state index in [4.69, 9.17) is 21.4 Å². The van der Waals surface area contributed by atoms with Crippen molar-refractivity contribution in [2.75, 3.05) is 13.7 Å². The van der Waals surface area contributed by atoms with Gasteiger partial charge in [0.15, 0.2) is 11.6 Å². The van der Waals surface area contributed by atoms with Crippen LogP contribution in [0.15, 0.2) is 6.07 Å². The molecule has 1 aromatic rings. The van der Waals surface area contributed by atoms with Gasteiger partial charge in [-0.1, -0.05) is 17.7 Å². The minimum Gasteiger partial charge on any atom is -0.492 e. The number of aliphatic hydroxyl groups excluding tert-OH is 1. The molecule has 0 radical (unpaired) electrons. The maximum absolute atomic E-state index is 13.6. The molecule has 0 spiro atoms. The monoisotopic (exact) mass is 218 g/mol. The molecular weight excluding hydrogens is 207 g/mol. The second-order valence-electron chi connectivity index (χ2n) is 2.99. The molecule has 0 aromatic heterocycles. The second kappa shape index (κ2) is 4.62. The van der Waals surface area contributed by atoms with Crippen LogP contribution in [0.25, 0.3) is 0 Å². The number of methoxy groups -OCH3 is 1. The zero-order valence-corrected chi connectivity index (χ0v) is 8.86. The highest BCUT2D eigenvalue weighted by atomic mass is 35.5. The number of hydrogen-bond donors (Lipinski definition) is 1. The van der Waals surface area contributed by atoms with E-state index in [1.807, 2.05) is 0 Å². The summed E-state index contributed by atoms with van der Waals surface area (Å²) in [5.41, 5.74) is 1.17. The minimum atomic E-state index is -0.489. The predicted octanol–water partition coefficient (Wildman–Crippen LogP) is 2.33. The van der Waals surface area contributed by atoms with Crippen molar-refractivity contribution >= 4 is 11.6 Å². The van der Waals surface area contributed by atoms with E-state index in [0.717, 1.165) is 5.56 Å². The van der Waals surface area contributed by atoms with E-state index in [1.54, 1.807) is 13.0 Å². The van der Waals surface area contributed by atoms with Gasteiger partial charge in [-0.05, 0) is 24.5 Å². The average molecular weight is 219 g/mol. The number of benzene rings is 1. The molecular formula is C10H12ClFO2. The van der Waals surface area contributed by atoms with Crippen LogP contribution < -0.4 is 4.74 Å². The maximum atomic E-state index is 13.6. The fraction of sp³-hybridized carbons (Fsp3) is 0.400. The van der Waals surface area contributed by atoms with Gasteiger partial charge in [-0.15, -0.1) is 0 Å². The van der Waals surface area contributed by atoms with E-state index >= 15 is 0 Å². The average Bonchev–Trinajstić information content (AvgIpc) is 2.16. The summed E-state index contributed by atoms with van der Waals surface area (Å²) in [6, 6.07) is 1.62. The molecule has 4 heteroatoms. The largest absolute Gasteiger partial charge is 0.492 e. The summed E-state index contributed by atoms with van der Waals surface area (Å²) < 4.78 is 18.4. The first kappa shape index (κ1) is 11.3. The molecule has 0 aliphatic heterocycles. The van der Waals surface area contributed by atoms with E-state index in [0.29, 0.717) is 5.56 Å². The third kappa shape index (κ3) is 1.99. The van der Waals surface area contributed by atoms with E-state index in [9.17, 15) is 4.39 Å². The van der Waals surface area contributed by atoms with Crippen molar-refractivity contribution in [3.63, 3.8) is 0 Å². The van der Waals surface area contributed by atoms with Crippen LogP contribution in [0.5, 0.6) is 5.75 Å². The zero-order chi connectivity index (χ0) is 10.7. The van der Waals surface area contributed by atoms with E-state index < -0.39 is 5.82 Å². The van der Waals surface area contributed by atoms with Crippen molar-refractivity contribution < 1.29 is 14.2 Å². The number of halogens is 2. The Morgan fingerprint density at radius 1 is 1.57 bits per heavy atom. The normalized spacial score (nSPS) is 10.4. The van der Waals surface area contributed by atoms with Gasteiger partial charge in [-0.25, -0.2) is 4.39 Å². The molecule has 78 valence electrons. The van der Waals surface area contributed by atoms with Gasteiger partial charge in [0.05, 0.1) is 12.1 Å². The Morgan fingerprint density at radius 3 is 2.71 bits per heavy atom. The highest BCUT2D eigenvalue weighted by Gasteiger charge is 2.15. The molecule has 0 fully saturated rings. The number of aryl methyl sites for hydroxylation is 1. The number of aliphatic hydroxyl groups is 1. The third-order valence-corrected chi connectivity index (χ3v) is 2.47. The smallest absolute Gasteiger partial charge is 0.173 e. The molecule has 0 unspecified atom stereocenters. The summed E-state index contributed by atoms with van der Waals surface area (Å²) in [6.07, 6.45) is 0.264. The van der Waals surface area contributed by atoms with Crippen LogP contribution in [-0.4, -0.2) is 18.8 Å². The van der Waals surface area contributed by atoms with Crippen molar-refractivity contribution in [3.8, 4) is 5.75 Å². The fourth-order valence-electron chi connectivity index (χ4n) is 1.29. The Kier molecular flexibility index (Phi) is 3.72. The van der Waals surface area contributed by atoms with Crippen LogP contribution >= 0.6 is 11.6 Å². The Labute approximate surface area is 87.3 Å². The lowest BCUT2D eigenvalue weighted by molar-refractivity contribution is 0.296. The SMILES string of the molecule is COc1c(F)c(CCO)cc(C)c1Cl. The van der Waals surface area contributed by atoms with Gasteiger partial charge in [0.1, 0.15) is 0 Å². The second-order valence-corrected chi connectivity index (χ2v) is 3.37. The van der Waals surface area contributed by atoms with E-state index in [-0.39, 0.29) is 23.8 Å². The van der Waals surface area contributed by atoms with Crippen LogP contribution in [0.2, 0.25) is 5.02 Å². The first-order chi connectivity index (χ1) is 6.61. The van der Waals surface area contributed by atoms with Crippen molar-refractivity contribution in [1.29, 1.82) is 0 Å². The first-order valence-corrected chi connectivity index (χ1v) is 4.62. The van der Waals surface area contributed by atoms with E-state index in [2.05, 4.69) is 0 Å². The van der Waals surface area contributed by atoms with Crippen LogP contribution in [0.4, 0.5) is 4.39 Å². The predicted molar refractivity (Wildman–Crippen MR) is 53.5 cm³/mol. The van der Waals surface area contributed by atoms with Crippen molar-refractivity contribution in [3.05, 3.63) is 28.0 Å². The summed E-state index contributed by atoms with van der Waals surface area (Å²) in [5, 5.41) is 9.01. The van der Waals surface area contributed by atoms with Gasteiger partial charge in [0.2, 0.25) is 0 Å². The molecule has 0 bridgehead atoms. The molecule has 2 nitrogen and oxygen atoms in total. The van der Waals surface area contributed by atoms with Gasteiger partial charge in [0.25, 0.3) is 0 Å². The molecule has 1 rings (SSSR count). The highest BCUT2D eigenvalue weighted by Crippen LogP contribution is 2.33. The van der Waals surface area contributed by atoms with Gasteiger partial charge >= 0.3 is 0 Å². The van der Waals surface area contributed by atoms with E-state index in [1.165, 1.54) is 7.11 Å². The molecule has 0 aliphatic rings. The summed E-state index contributed by atoms with van der Waals surface area (Å²) in [5.74, 6) is -0.438. The van der Waals surface area contributed by atoms with Crippen LogP contribution in [0.1, 0.15) is 11.1 Å². The van der Waals surface area contributed by atoms with Gasteiger partial charge in [-0.2, -0.15) is 0 Å². The molecule has 1 aromatic carbocycles. The zero-order valence-electron chi connectivity index (χ0n) is 8.10. The van der Waals surface area contributed by atoms with Gasteiger partial charge in [-0.3, -0.25) is 0 Å². The molecule has 14 heavy (non-hydrogen) atoms. The molecule has 0 saturated heterocycles. The van der Waals surface area contributed by atoms with Crippen molar-refractivity contribution in [2.24, 2.45) is 0 Å².